The normalized spacial score (nSPS) is 15.4. The quantitative estimate of drug-likeness (QED) is 0.540. The van der Waals surface area contributed by atoms with Crippen molar-refractivity contribution < 1.29 is 13.5 Å². The van der Waals surface area contributed by atoms with Gasteiger partial charge in [-0.15, -0.1) is 0 Å². The maximum Gasteiger partial charge on any atom is 0.209 e. The van der Waals surface area contributed by atoms with E-state index in [0.717, 1.165) is 0 Å². The second kappa shape index (κ2) is 3.14. The van der Waals surface area contributed by atoms with Crippen molar-refractivity contribution in [1.82, 2.24) is 0 Å². The topological polar surface area (TPSA) is 80.4 Å². The van der Waals surface area contributed by atoms with E-state index in [4.69, 9.17) is 5.11 Å². The number of hydrogen-bond donors (Lipinski definition) is 2. The molecule has 9 heavy (non-hydrogen) atoms. The Hall–Kier alpha value is -0.130. The summed E-state index contributed by atoms with van der Waals surface area (Å²) in [7, 11) is -3.40. The second-order valence-corrected chi connectivity index (χ2v) is 3.78. The lowest BCUT2D eigenvalue weighted by Gasteiger charge is -2.03. The molecule has 0 aromatic rings. The number of aliphatic hydroxyl groups excluding tert-OH is 1. The molecule has 3 N–H and O–H groups in total. The Morgan fingerprint density at radius 3 is 2.22 bits per heavy atom. The van der Waals surface area contributed by atoms with Crippen LogP contribution < -0.4 is 5.14 Å². The largest absolute Gasteiger partial charge is 0.396 e. The third-order valence-corrected chi connectivity index (χ3v) is 1.86. The lowest BCUT2D eigenvalue weighted by molar-refractivity contribution is 0.249. The summed E-state index contributed by atoms with van der Waals surface area (Å²) in [5.41, 5.74) is 0. The zero-order valence-electron chi connectivity index (χ0n) is 5.24. The van der Waals surface area contributed by atoms with E-state index >= 15 is 0 Å². The molecule has 0 aromatic carbocycles. The summed E-state index contributed by atoms with van der Waals surface area (Å²) >= 11 is 0. The van der Waals surface area contributed by atoms with Crippen LogP contribution >= 0.6 is 0 Å². The highest BCUT2D eigenvalue weighted by Crippen LogP contribution is 1.94. The monoisotopic (exact) mass is 153 g/mol. The van der Waals surface area contributed by atoms with E-state index in [1.54, 1.807) is 6.92 Å². The molecule has 0 spiro atoms. The third kappa shape index (κ3) is 5.75. The fourth-order valence-electron chi connectivity index (χ4n) is 0.449. The van der Waals surface area contributed by atoms with Crippen molar-refractivity contribution in [2.24, 2.45) is 11.1 Å². The molecule has 0 rings (SSSR count). The van der Waals surface area contributed by atoms with E-state index in [9.17, 15) is 8.42 Å². The summed E-state index contributed by atoms with van der Waals surface area (Å²) < 4.78 is 20.5. The number of aliphatic hydroxyl groups is 1. The predicted octanol–water partition coefficient (Wildman–Crippen LogP) is -1.10. The minimum atomic E-state index is -3.40. The summed E-state index contributed by atoms with van der Waals surface area (Å²) in [5, 5.41) is 13.1. The van der Waals surface area contributed by atoms with Crippen molar-refractivity contribution in [2.45, 2.75) is 6.92 Å². The van der Waals surface area contributed by atoms with Gasteiger partial charge in [0, 0.05) is 6.61 Å². The average molecular weight is 153 g/mol. The summed E-state index contributed by atoms with van der Waals surface area (Å²) in [6.07, 6.45) is 0. The van der Waals surface area contributed by atoms with Crippen molar-refractivity contribution in [3.63, 3.8) is 0 Å². The van der Waals surface area contributed by atoms with Crippen LogP contribution in [0.4, 0.5) is 0 Å². The highest BCUT2D eigenvalue weighted by molar-refractivity contribution is 7.89. The molecule has 0 saturated heterocycles. The van der Waals surface area contributed by atoms with Gasteiger partial charge in [-0.3, -0.25) is 0 Å². The van der Waals surface area contributed by atoms with Gasteiger partial charge >= 0.3 is 0 Å². The molecule has 0 radical (unpaired) electrons. The van der Waals surface area contributed by atoms with Crippen molar-refractivity contribution in [2.75, 3.05) is 12.4 Å². The van der Waals surface area contributed by atoms with Crippen LogP contribution in [-0.2, 0) is 10.0 Å². The number of hydrogen-bond acceptors (Lipinski definition) is 3. The highest BCUT2D eigenvalue weighted by atomic mass is 32.2. The minimum Gasteiger partial charge on any atom is -0.396 e. The first kappa shape index (κ1) is 8.87. The summed E-state index contributed by atoms with van der Waals surface area (Å²) in [5.74, 6) is -0.413. The molecule has 56 valence electrons. The van der Waals surface area contributed by atoms with Gasteiger partial charge in [0.1, 0.15) is 0 Å². The molecule has 0 amide bonds. The molecule has 1 atom stereocenters. The van der Waals surface area contributed by atoms with Gasteiger partial charge in [0.2, 0.25) is 10.0 Å². The van der Waals surface area contributed by atoms with E-state index < -0.39 is 10.0 Å². The summed E-state index contributed by atoms with van der Waals surface area (Å²) in [4.78, 5) is 0. The molecule has 4 nitrogen and oxygen atoms in total. The smallest absolute Gasteiger partial charge is 0.209 e. The molecule has 0 saturated carbocycles. The summed E-state index contributed by atoms with van der Waals surface area (Å²) in [6.45, 7) is 1.47. The van der Waals surface area contributed by atoms with Crippen LogP contribution in [0.2, 0.25) is 0 Å². The molecule has 0 aliphatic rings. The fraction of sp³-hybridized carbons (Fsp3) is 1.00. The zero-order chi connectivity index (χ0) is 7.49. The Kier molecular flexibility index (Phi) is 3.10. The molecular formula is C4H11NO3S. The van der Waals surface area contributed by atoms with E-state index in [-0.39, 0.29) is 18.3 Å². The second-order valence-electron chi connectivity index (χ2n) is 2.12. The van der Waals surface area contributed by atoms with Gasteiger partial charge in [0.15, 0.2) is 0 Å². The Labute approximate surface area is 54.7 Å². The number of nitrogens with two attached hydrogens (primary N) is 1. The molecule has 0 bridgehead atoms. The Bertz CT molecular complexity index is 163. The zero-order valence-corrected chi connectivity index (χ0v) is 6.06. The molecule has 0 heterocycles. The van der Waals surface area contributed by atoms with E-state index in [2.05, 4.69) is 5.14 Å². The van der Waals surface area contributed by atoms with Gasteiger partial charge in [0.25, 0.3) is 0 Å². The molecule has 0 aromatic heterocycles. The molecule has 0 fully saturated rings. The summed E-state index contributed by atoms with van der Waals surface area (Å²) in [6, 6.07) is 0. The number of primary sulfonamides is 1. The van der Waals surface area contributed by atoms with Crippen LogP contribution in [0, 0.1) is 5.92 Å². The molecule has 5 heteroatoms. The minimum absolute atomic E-state index is 0.142. The van der Waals surface area contributed by atoms with Crippen LogP contribution in [0.5, 0.6) is 0 Å². The van der Waals surface area contributed by atoms with Gasteiger partial charge in [-0.05, 0) is 5.92 Å². The van der Waals surface area contributed by atoms with Gasteiger partial charge < -0.3 is 5.11 Å². The number of rotatable bonds is 3. The van der Waals surface area contributed by atoms with Crippen molar-refractivity contribution in [3.8, 4) is 0 Å². The van der Waals surface area contributed by atoms with Crippen LogP contribution in [-0.4, -0.2) is 25.9 Å². The maximum atomic E-state index is 10.3. The van der Waals surface area contributed by atoms with Crippen molar-refractivity contribution >= 4 is 10.0 Å². The van der Waals surface area contributed by atoms with Crippen LogP contribution in [0.15, 0.2) is 0 Å². The van der Waals surface area contributed by atoms with Crippen LogP contribution in [0.25, 0.3) is 0 Å². The van der Waals surface area contributed by atoms with Gasteiger partial charge in [-0.1, -0.05) is 6.92 Å². The Morgan fingerprint density at radius 1 is 1.67 bits per heavy atom. The average Bonchev–Trinajstić information content (AvgIpc) is 1.62. The van der Waals surface area contributed by atoms with Gasteiger partial charge in [0.05, 0.1) is 5.75 Å². The van der Waals surface area contributed by atoms with Crippen molar-refractivity contribution in [1.29, 1.82) is 0 Å². The standard InChI is InChI=1S/C4H11NO3S/c1-4(2-6)3-9(5,7)8/h4,6H,2-3H2,1H3,(H2,5,7,8). The van der Waals surface area contributed by atoms with E-state index in [0.29, 0.717) is 0 Å². The first-order chi connectivity index (χ1) is 3.95. The van der Waals surface area contributed by atoms with E-state index in [1.165, 1.54) is 0 Å². The third-order valence-electron chi connectivity index (χ3n) is 0.828. The molecular weight excluding hydrogens is 142 g/mol. The predicted molar refractivity (Wildman–Crippen MR) is 34.2 cm³/mol. The van der Waals surface area contributed by atoms with Crippen molar-refractivity contribution in [3.05, 3.63) is 0 Å². The highest BCUT2D eigenvalue weighted by Gasteiger charge is 2.08. The molecule has 0 aliphatic carbocycles. The Balaban J connectivity index is 3.75. The first-order valence-corrected chi connectivity index (χ1v) is 4.28. The maximum absolute atomic E-state index is 10.3. The molecule has 1 unspecified atom stereocenters. The van der Waals surface area contributed by atoms with Gasteiger partial charge in [-0.2, -0.15) is 0 Å². The number of sulfonamides is 1. The Morgan fingerprint density at radius 2 is 2.11 bits per heavy atom. The fourth-order valence-corrected chi connectivity index (χ4v) is 1.35. The molecule has 0 aliphatic heterocycles. The van der Waals surface area contributed by atoms with Crippen LogP contribution in [0.3, 0.4) is 0 Å². The SMILES string of the molecule is CC(CO)CS(N)(=O)=O. The van der Waals surface area contributed by atoms with Crippen LogP contribution in [0.1, 0.15) is 6.92 Å². The lowest BCUT2D eigenvalue weighted by Crippen LogP contribution is -2.23. The van der Waals surface area contributed by atoms with E-state index in [1.807, 2.05) is 0 Å². The van der Waals surface area contributed by atoms with Gasteiger partial charge in [-0.25, -0.2) is 13.6 Å². The first-order valence-electron chi connectivity index (χ1n) is 2.57. The lowest BCUT2D eigenvalue weighted by atomic mass is 10.2.